The largest absolute Gasteiger partial charge is 0.426 e. The molecule has 3 aromatic rings. The third-order valence-electron chi connectivity index (χ3n) is 5.16. The molecular weight excluding hydrogens is 362 g/mol. The Morgan fingerprint density at radius 3 is 2.41 bits per heavy atom. The van der Waals surface area contributed by atoms with Crippen LogP contribution in [0.1, 0.15) is 23.1 Å². The number of rotatable bonds is 5. The highest BCUT2D eigenvalue weighted by Crippen LogP contribution is 2.27. The van der Waals surface area contributed by atoms with Gasteiger partial charge in [0, 0.05) is 18.7 Å². The zero-order valence-electron chi connectivity index (χ0n) is 16.4. The fourth-order valence-corrected chi connectivity index (χ4v) is 3.62. The first kappa shape index (κ1) is 18.9. The van der Waals surface area contributed by atoms with E-state index in [0.29, 0.717) is 12.3 Å². The van der Waals surface area contributed by atoms with Crippen LogP contribution in [0.5, 0.6) is 5.75 Å². The molecule has 0 unspecified atom stereocenters. The summed E-state index contributed by atoms with van der Waals surface area (Å²) >= 11 is 0. The van der Waals surface area contributed by atoms with Gasteiger partial charge in [-0.15, -0.1) is 0 Å². The first-order valence-electron chi connectivity index (χ1n) is 9.80. The summed E-state index contributed by atoms with van der Waals surface area (Å²) < 4.78 is 5.54. The molecule has 1 saturated heterocycles. The third kappa shape index (κ3) is 4.54. The number of ether oxygens (including phenoxy) is 1. The summed E-state index contributed by atoms with van der Waals surface area (Å²) in [6.45, 7) is 2.34. The molecule has 0 aromatic heterocycles. The average molecular weight is 385 g/mol. The van der Waals surface area contributed by atoms with Crippen LogP contribution in [0.4, 0.5) is 5.69 Å². The minimum absolute atomic E-state index is 0.0456. The smallest absolute Gasteiger partial charge is 0.316 e. The van der Waals surface area contributed by atoms with Crippen molar-refractivity contribution in [2.24, 2.45) is 5.92 Å². The van der Waals surface area contributed by atoms with Crippen LogP contribution in [-0.2, 0) is 16.0 Å². The SMILES string of the molecule is Cc1cccc(N2C[C@@H](C(=O)Oc3ccc(Cc4ccccc4)cc3)CC2=O)c1. The second-order valence-corrected chi connectivity index (χ2v) is 7.47. The van der Waals surface area contributed by atoms with Crippen molar-refractivity contribution < 1.29 is 14.3 Å². The van der Waals surface area contributed by atoms with E-state index in [1.807, 2.05) is 73.7 Å². The lowest BCUT2D eigenvalue weighted by atomic mass is 10.1. The number of aryl methyl sites for hydroxylation is 1. The quantitative estimate of drug-likeness (QED) is 0.478. The maximum atomic E-state index is 12.6. The molecule has 1 fully saturated rings. The molecule has 4 nitrogen and oxygen atoms in total. The van der Waals surface area contributed by atoms with Crippen LogP contribution in [0.2, 0.25) is 0 Å². The number of benzene rings is 3. The molecule has 146 valence electrons. The Kier molecular flexibility index (Phi) is 5.43. The van der Waals surface area contributed by atoms with Crippen LogP contribution < -0.4 is 9.64 Å². The van der Waals surface area contributed by atoms with Gasteiger partial charge in [-0.2, -0.15) is 0 Å². The van der Waals surface area contributed by atoms with Crippen molar-refractivity contribution in [3.8, 4) is 5.75 Å². The fourth-order valence-electron chi connectivity index (χ4n) is 3.62. The third-order valence-corrected chi connectivity index (χ3v) is 5.16. The first-order chi connectivity index (χ1) is 14.1. The maximum absolute atomic E-state index is 12.6. The topological polar surface area (TPSA) is 46.6 Å². The van der Waals surface area contributed by atoms with Crippen molar-refractivity contribution in [2.75, 3.05) is 11.4 Å². The Morgan fingerprint density at radius 2 is 1.69 bits per heavy atom. The molecule has 0 bridgehead atoms. The molecule has 1 heterocycles. The fraction of sp³-hybridized carbons (Fsp3) is 0.200. The molecule has 1 aliphatic rings. The number of anilines is 1. The van der Waals surface area contributed by atoms with Gasteiger partial charge in [0.05, 0.1) is 5.92 Å². The first-order valence-corrected chi connectivity index (χ1v) is 9.80. The van der Waals surface area contributed by atoms with Gasteiger partial charge in [0.1, 0.15) is 5.75 Å². The molecule has 0 aliphatic carbocycles. The summed E-state index contributed by atoms with van der Waals surface area (Å²) in [4.78, 5) is 26.6. The lowest BCUT2D eigenvalue weighted by Gasteiger charge is -2.17. The molecule has 1 aliphatic heterocycles. The molecule has 4 heteroatoms. The van der Waals surface area contributed by atoms with Crippen LogP contribution in [-0.4, -0.2) is 18.4 Å². The van der Waals surface area contributed by atoms with Crippen molar-refractivity contribution >= 4 is 17.6 Å². The van der Waals surface area contributed by atoms with E-state index in [1.54, 1.807) is 4.90 Å². The molecule has 29 heavy (non-hydrogen) atoms. The maximum Gasteiger partial charge on any atom is 0.316 e. The monoisotopic (exact) mass is 385 g/mol. The van der Waals surface area contributed by atoms with Gasteiger partial charge in [0.25, 0.3) is 0 Å². The predicted molar refractivity (Wildman–Crippen MR) is 113 cm³/mol. The van der Waals surface area contributed by atoms with E-state index >= 15 is 0 Å². The summed E-state index contributed by atoms with van der Waals surface area (Å²) in [6, 6.07) is 25.5. The summed E-state index contributed by atoms with van der Waals surface area (Å²) in [7, 11) is 0. The Bertz CT molecular complexity index is 1010. The van der Waals surface area contributed by atoms with Gasteiger partial charge in [-0.1, -0.05) is 54.6 Å². The number of hydrogen-bond acceptors (Lipinski definition) is 3. The molecule has 0 N–H and O–H groups in total. The Morgan fingerprint density at radius 1 is 0.966 bits per heavy atom. The van der Waals surface area contributed by atoms with Crippen molar-refractivity contribution in [1.82, 2.24) is 0 Å². The van der Waals surface area contributed by atoms with Crippen LogP contribution in [0.15, 0.2) is 78.9 Å². The molecular formula is C25H23NO3. The number of carbonyl (C=O) groups excluding carboxylic acids is 2. The molecule has 4 rings (SSSR count). The normalized spacial score (nSPS) is 16.1. The van der Waals surface area contributed by atoms with Gasteiger partial charge in [-0.05, 0) is 54.3 Å². The van der Waals surface area contributed by atoms with E-state index in [1.165, 1.54) is 5.56 Å². The lowest BCUT2D eigenvalue weighted by Crippen LogP contribution is -2.27. The number of esters is 1. The van der Waals surface area contributed by atoms with E-state index in [-0.39, 0.29) is 18.3 Å². The zero-order valence-corrected chi connectivity index (χ0v) is 16.4. The second kappa shape index (κ2) is 8.31. The summed E-state index contributed by atoms with van der Waals surface area (Å²) in [5.41, 5.74) is 4.29. The van der Waals surface area contributed by atoms with Crippen LogP contribution >= 0.6 is 0 Å². The molecule has 3 aromatic carbocycles. The molecule has 0 spiro atoms. The van der Waals surface area contributed by atoms with Crippen molar-refractivity contribution in [3.63, 3.8) is 0 Å². The number of hydrogen-bond donors (Lipinski definition) is 0. The second-order valence-electron chi connectivity index (χ2n) is 7.47. The Balaban J connectivity index is 1.37. The number of nitrogens with zero attached hydrogens (tertiary/aromatic N) is 1. The molecule has 1 atom stereocenters. The van der Waals surface area contributed by atoms with E-state index in [4.69, 9.17) is 4.74 Å². The molecule has 0 radical (unpaired) electrons. The Hall–Kier alpha value is -3.40. The summed E-state index contributed by atoms with van der Waals surface area (Å²) in [6.07, 6.45) is 1.01. The van der Waals surface area contributed by atoms with Gasteiger partial charge in [-0.25, -0.2) is 0 Å². The minimum Gasteiger partial charge on any atom is -0.426 e. The summed E-state index contributed by atoms with van der Waals surface area (Å²) in [5.74, 6) is -0.347. The number of carbonyl (C=O) groups is 2. The van der Waals surface area contributed by atoms with Crippen molar-refractivity contribution in [2.45, 2.75) is 19.8 Å². The lowest BCUT2D eigenvalue weighted by molar-refractivity contribution is -0.139. The van der Waals surface area contributed by atoms with Gasteiger partial charge in [-0.3, -0.25) is 9.59 Å². The Labute approximate surface area is 170 Å². The van der Waals surface area contributed by atoms with Crippen LogP contribution in [0, 0.1) is 12.8 Å². The highest BCUT2D eigenvalue weighted by molar-refractivity contribution is 5.99. The van der Waals surface area contributed by atoms with E-state index in [0.717, 1.165) is 23.2 Å². The standard InChI is InChI=1S/C25H23NO3/c1-18-6-5-9-22(14-18)26-17-21(16-24(26)27)25(28)29-23-12-10-20(11-13-23)15-19-7-3-2-4-8-19/h2-14,21H,15-17H2,1H3/t21-/m0/s1. The summed E-state index contributed by atoms with van der Waals surface area (Å²) in [5, 5.41) is 0. The van der Waals surface area contributed by atoms with Crippen LogP contribution in [0.25, 0.3) is 0 Å². The van der Waals surface area contributed by atoms with Gasteiger partial charge >= 0.3 is 5.97 Å². The highest BCUT2D eigenvalue weighted by Gasteiger charge is 2.36. The average Bonchev–Trinajstić information content (AvgIpc) is 3.12. The highest BCUT2D eigenvalue weighted by atomic mass is 16.5. The molecule has 1 amide bonds. The van der Waals surface area contributed by atoms with E-state index in [9.17, 15) is 9.59 Å². The van der Waals surface area contributed by atoms with Crippen LogP contribution in [0.3, 0.4) is 0 Å². The minimum atomic E-state index is -0.452. The molecule has 0 saturated carbocycles. The number of amides is 1. The predicted octanol–water partition coefficient (Wildman–Crippen LogP) is 4.54. The van der Waals surface area contributed by atoms with Gasteiger partial charge in [0.2, 0.25) is 5.91 Å². The van der Waals surface area contributed by atoms with Gasteiger partial charge < -0.3 is 9.64 Å². The van der Waals surface area contributed by atoms with Crippen molar-refractivity contribution in [1.29, 1.82) is 0 Å². The van der Waals surface area contributed by atoms with E-state index < -0.39 is 5.92 Å². The van der Waals surface area contributed by atoms with E-state index in [2.05, 4.69) is 12.1 Å². The van der Waals surface area contributed by atoms with Crippen molar-refractivity contribution in [3.05, 3.63) is 95.6 Å². The van der Waals surface area contributed by atoms with Gasteiger partial charge in [0.15, 0.2) is 0 Å². The zero-order chi connectivity index (χ0) is 20.2.